The van der Waals surface area contributed by atoms with Crippen LogP contribution in [-0.2, 0) is 0 Å². The van der Waals surface area contributed by atoms with E-state index in [4.69, 9.17) is 23.2 Å². The molecule has 1 unspecified atom stereocenters. The fourth-order valence-electron chi connectivity index (χ4n) is 5.22. The van der Waals surface area contributed by atoms with Gasteiger partial charge in [-0.15, -0.1) is 5.10 Å². The Morgan fingerprint density at radius 2 is 1.85 bits per heavy atom. The second-order valence-corrected chi connectivity index (χ2v) is 12.7. The van der Waals surface area contributed by atoms with Crippen molar-refractivity contribution in [1.82, 2.24) is 24.9 Å². The highest BCUT2D eigenvalue weighted by molar-refractivity contribution is 6.36. The van der Waals surface area contributed by atoms with E-state index < -0.39 is 0 Å². The molecule has 3 heterocycles. The summed E-state index contributed by atoms with van der Waals surface area (Å²) in [4.78, 5) is 6.97. The van der Waals surface area contributed by atoms with Crippen LogP contribution >= 0.6 is 23.2 Å². The number of halogens is 2. The highest BCUT2D eigenvalue weighted by atomic mass is 35.5. The van der Waals surface area contributed by atoms with E-state index in [9.17, 15) is 5.26 Å². The van der Waals surface area contributed by atoms with E-state index in [0.717, 1.165) is 60.5 Å². The van der Waals surface area contributed by atoms with E-state index in [1.807, 2.05) is 47.3 Å². The van der Waals surface area contributed by atoms with Gasteiger partial charge in [0.05, 0.1) is 40.1 Å². The SMILES string of the molecule is CCN1CCC(n2cc(C(Nc3cc(Cl)c4ncc(C#N)c(NCC(C)(C)C)c4c3)c3ccc(Cl)cc3)nn2)CC1. The molecule has 2 N–H and O–H groups in total. The van der Waals surface area contributed by atoms with E-state index in [2.05, 4.69) is 64.6 Å². The summed E-state index contributed by atoms with van der Waals surface area (Å²) in [7, 11) is 0. The van der Waals surface area contributed by atoms with E-state index in [1.54, 1.807) is 6.20 Å². The maximum Gasteiger partial charge on any atom is 0.109 e. The number of nitrogens with zero attached hydrogens (tertiary/aromatic N) is 6. The van der Waals surface area contributed by atoms with Crippen LogP contribution in [0.2, 0.25) is 10.0 Å². The van der Waals surface area contributed by atoms with Crippen molar-refractivity contribution >= 4 is 45.5 Å². The van der Waals surface area contributed by atoms with Gasteiger partial charge in [-0.1, -0.05) is 68.2 Å². The monoisotopic (exact) mass is 590 g/mol. The first-order valence-corrected chi connectivity index (χ1v) is 14.8. The number of hydrogen-bond acceptors (Lipinski definition) is 7. The van der Waals surface area contributed by atoms with Crippen LogP contribution in [0.4, 0.5) is 11.4 Å². The van der Waals surface area contributed by atoms with Crippen molar-refractivity contribution < 1.29 is 0 Å². The summed E-state index contributed by atoms with van der Waals surface area (Å²) >= 11 is 13.0. The molecule has 4 aromatic rings. The predicted molar refractivity (Wildman–Crippen MR) is 167 cm³/mol. The summed E-state index contributed by atoms with van der Waals surface area (Å²) in [6.45, 7) is 12.5. The van der Waals surface area contributed by atoms with Gasteiger partial charge in [0.15, 0.2) is 0 Å². The molecule has 2 aromatic heterocycles. The number of nitrogens with one attached hydrogen (secondary N) is 2. The molecule has 1 aliphatic rings. The summed E-state index contributed by atoms with van der Waals surface area (Å²) < 4.78 is 2.01. The van der Waals surface area contributed by atoms with Gasteiger partial charge in [-0.05, 0) is 54.6 Å². The second kappa shape index (κ2) is 12.2. The normalized spacial score (nSPS) is 15.5. The average molecular weight is 592 g/mol. The largest absolute Gasteiger partial charge is 0.383 e. The van der Waals surface area contributed by atoms with Crippen LogP contribution in [0.3, 0.4) is 0 Å². The first kappa shape index (κ1) is 29.1. The number of rotatable bonds is 8. The van der Waals surface area contributed by atoms with Crippen molar-refractivity contribution in [1.29, 1.82) is 5.26 Å². The molecular formula is C31H36Cl2N8. The minimum absolute atomic E-state index is 0.0145. The van der Waals surface area contributed by atoms with E-state index in [1.165, 1.54) is 0 Å². The molecule has 0 bridgehead atoms. The van der Waals surface area contributed by atoms with Crippen molar-refractivity contribution in [2.24, 2.45) is 5.41 Å². The molecule has 10 heteroatoms. The summed E-state index contributed by atoms with van der Waals surface area (Å²) in [5, 5.41) is 28.1. The van der Waals surface area contributed by atoms with Gasteiger partial charge in [0.2, 0.25) is 0 Å². The zero-order chi connectivity index (χ0) is 29.1. The molecule has 0 amide bonds. The smallest absolute Gasteiger partial charge is 0.109 e. The summed E-state index contributed by atoms with van der Waals surface area (Å²) in [5.74, 6) is 0. The number of anilines is 2. The molecule has 0 spiro atoms. The Kier molecular flexibility index (Phi) is 8.69. The molecule has 214 valence electrons. The van der Waals surface area contributed by atoms with Gasteiger partial charge >= 0.3 is 0 Å². The predicted octanol–water partition coefficient (Wildman–Crippen LogP) is 7.32. The third-order valence-electron chi connectivity index (χ3n) is 7.56. The number of fused-ring (bicyclic) bond motifs is 1. The molecule has 1 aliphatic heterocycles. The van der Waals surface area contributed by atoms with Gasteiger partial charge in [0.1, 0.15) is 11.8 Å². The van der Waals surface area contributed by atoms with E-state index >= 15 is 0 Å². The van der Waals surface area contributed by atoms with Gasteiger partial charge in [-0.25, -0.2) is 4.68 Å². The first-order valence-electron chi connectivity index (χ1n) is 14.1. The van der Waals surface area contributed by atoms with Crippen LogP contribution in [0, 0.1) is 16.7 Å². The number of likely N-dealkylation sites (tertiary alicyclic amines) is 1. The number of piperidine rings is 1. The Labute approximate surface area is 251 Å². The summed E-state index contributed by atoms with van der Waals surface area (Å²) in [6, 6.07) is 13.9. The van der Waals surface area contributed by atoms with Gasteiger partial charge in [-0.3, -0.25) is 4.98 Å². The molecule has 5 rings (SSSR count). The molecule has 0 aliphatic carbocycles. The quantitative estimate of drug-likeness (QED) is 0.222. The zero-order valence-electron chi connectivity index (χ0n) is 24.0. The third-order valence-corrected chi connectivity index (χ3v) is 8.10. The van der Waals surface area contributed by atoms with Crippen molar-refractivity contribution in [2.45, 2.75) is 52.6 Å². The van der Waals surface area contributed by atoms with Crippen molar-refractivity contribution in [3.8, 4) is 6.07 Å². The number of benzene rings is 2. The summed E-state index contributed by atoms with van der Waals surface area (Å²) in [6.07, 6.45) is 5.72. The molecule has 1 fully saturated rings. The lowest BCUT2D eigenvalue weighted by Crippen LogP contribution is -2.34. The van der Waals surface area contributed by atoms with Crippen LogP contribution < -0.4 is 10.6 Å². The number of pyridine rings is 1. The van der Waals surface area contributed by atoms with Crippen LogP contribution in [0.15, 0.2) is 48.8 Å². The van der Waals surface area contributed by atoms with Crippen molar-refractivity contribution in [3.05, 3.63) is 75.7 Å². The third kappa shape index (κ3) is 6.75. The topological polar surface area (TPSA) is 94.7 Å². The van der Waals surface area contributed by atoms with Gasteiger partial charge in [0.25, 0.3) is 0 Å². The van der Waals surface area contributed by atoms with Gasteiger partial charge < -0.3 is 15.5 Å². The van der Waals surface area contributed by atoms with Gasteiger partial charge in [-0.2, -0.15) is 5.26 Å². The van der Waals surface area contributed by atoms with Crippen LogP contribution in [0.25, 0.3) is 10.9 Å². The Hall–Kier alpha value is -3.38. The molecule has 1 saturated heterocycles. The van der Waals surface area contributed by atoms with Crippen molar-refractivity contribution in [2.75, 3.05) is 36.8 Å². The van der Waals surface area contributed by atoms with Crippen LogP contribution in [-0.4, -0.2) is 51.1 Å². The standard InChI is InChI=1S/C31H36Cl2N8/c1-5-40-12-10-24(11-13-40)41-18-27(38-39-41)29(20-6-8-22(32)9-7-20)37-23-14-25-28(36-19-31(2,3)4)21(16-34)17-35-30(25)26(33)15-23/h6-9,14-15,17-18,24,29,37H,5,10-13,19H2,1-4H3,(H,35,36). The second-order valence-electron chi connectivity index (χ2n) is 11.8. The highest BCUT2D eigenvalue weighted by Crippen LogP contribution is 2.36. The lowest BCUT2D eigenvalue weighted by molar-refractivity contribution is 0.186. The Morgan fingerprint density at radius 1 is 1.12 bits per heavy atom. The lowest BCUT2D eigenvalue weighted by atomic mass is 9.96. The molecule has 0 saturated carbocycles. The molecule has 41 heavy (non-hydrogen) atoms. The van der Waals surface area contributed by atoms with E-state index in [-0.39, 0.29) is 11.5 Å². The fraction of sp³-hybridized carbons (Fsp3) is 0.419. The van der Waals surface area contributed by atoms with Gasteiger partial charge in [0, 0.05) is 41.9 Å². The fourth-order valence-corrected chi connectivity index (χ4v) is 5.62. The summed E-state index contributed by atoms with van der Waals surface area (Å²) in [5.41, 5.74) is 4.43. The molecule has 8 nitrogen and oxygen atoms in total. The Bertz CT molecular complexity index is 1540. The lowest BCUT2D eigenvalue weighted by Gasteiger charge is -2.30. The van der Waals surface area contributed by atoms with Crippen LogP contribution in [0.5, 0.6) is 0 Å². The number of aromatic nitrogens is 4. The highest BCUT2D eigenvalue weighted by Gasteiger charge is 2.24. The average Bonchev–Trinajstić information content (AvgIpc) is 3.45. The maximum absolute atomic E-state index is 9.84. The molecule has 0 radical (unpaired) electrons. The number of nitriles is 1. The minimum atomic E-state index is -0.302. The molecule has 2 aromatic carbocycles. The Morgan fingerprint density at radius 3 is 2.51 bits per heavy atom. The zero-order valence-corrected chi connectivity index (χ0v) is 25.5. The van der Waals surface area contributed by atoms with Crippen LogP contribution in [0.1, 0.15) is 69.4 Å². The molecular weight excluding hydrogens is 555 g/mol. The van der Waals surface area contributed by atoms with E-state index in [0.29, 0.717) is 33.7 Å². The minimum Gasteiger partial charge on any atom is -0.383 e. The first-order chi connectivity index (χ1) is 19.6. The number of hydrogen-bond donors (Lipinski definition) is 2. The van der Waals surface area contributed by atoms with Crippen molar-refractivity contribution in [3.63, 3.8) is 0 Å². The molecule has 1 atom stereocenters. The Balaban J connectivity index is 1.52. The maximum atomic E-state index is 9.84.